The summed E-state index contributed by atoms with van der Waals surface area (Å²) in [4.78, 5) is 0. The molecule has 4 atom stereocenters. The van der Waals surface area contributed by atoms with E-state index in [0.29, 0.717) is 0 Å². The SMILES string of the molecule is CCCCC(C)C(C)CCCC(CC)CCC(C)C(C)C. The van der Waals surface area contributed by atoms with Crippen LogP contribution in [0.4, 0.5) is 0 Å². The van der Waals surface area contributed by atoms with E-state index in [1.807, 2.05) is 0 Å². The van der Waals surface area contributed by atoms with Gasteiger partial charge in [-0.15, -0.1) is 0 Å². The Morgan fingerprint density at radius 2 is 1.14 bits per heavy atom. The maximum Gasteiger partial charge on any atom is -0.0417 e. The van der Waals surface area contributed by atoms with Crippen molar-refractivity contribution in [1.29, 1.82) is 0 Å². The van der Waals surface area contributed by atoms with Gasteiger partial charge in [0.05, 0.1) is 0 Å². The Hall–Kier alpha value is 0. The summed E-state index contributed by atoms with van der Waals surface area (Å²) in [5.41, 5.74) is 0. The molecule has 0 aliphatic rings. The second kappa shape index (κ2) is 12.5. The van der Waals surface area contributed by atoms with E-state index in [9.17, 15) is 0 Å². The highest BCUT2D eigenvalue weighted by molar-refractivity contribution is 4.66. The molecule has 21 heavy (non-hydrogen) atoms. The van der Waals surface area contributed by atoms with E-state index in [-0.39, 0.29) is 0 Å². The molecule has 0 saturated heterocycles. The van der Waals surface area contributed by atoms with Gasteiger partial charge in [-0.3, -0.25) is 0 Å². The maximum absolute atomic E-state index is 2.47. The molecule has 0 aliphatic heterocycles. The average Bonchev–Trinajstić information content (AvgIpc) is 2.47. The molecule has 4 unspecified atom stereocenters. The minimum Gasteiger partial charge on any atom is -0.0654 e. The highest BCUT2D eigenvalue weighted by Gasteiger charge is 2.14. The van der Waals surface area contributed by atoms with Crippen LogP contribution in [0, 0.1) is 29.6 Å². The lowest BCUT2D eigenvalue weighted by atomic mass is 9.83. The Balaban J connectivity index is 3.85. The lowest BCUT2D eigenvalue weighted by Gasteiger charge is -2.22. The highest BCUT2D eigenvalue weighted by Crippen LogP contribution is 2.27. The van der Waals surface area contributed by atoms with E-state index < -0.39 is 0 Å². The van der Waals surface area contributed by atoms with Crippen LogP contribution in [0.5, 0.6) is 0 Å². The molecule has 0 heteroatoms. The van der Waals surface area contributed by atoms with Crippen LogP contribution >= 0.6 is 0 Å². The van der Waals surface area contributed by atoms with Gasteiger partial charge in [0.15, 0.2) is 0 Å². The van der Waals surface area contributed by atoms with Crippen molar-refractivity contribution in [2.45, 2.75) is 106 Å². The van der Waals surface area contributed by atoms with Crippen LogP contribution in [0.1, 0.15) is 106 Å². The first-order valence-corrected chi connectivity index (χ1v) is 9.92. The molecule has 0 spiro atoms. The Bertz CT molecular complexity index is 218. The van der Waals surface area contributed by atoms with Gasteiger partial charge in [0.1, 0.15) is 0 Å². The van der Waals surface area contributed by atoms with Crippen molar-refractivity contribution in [2.75, 3.05) is 0 Å². The fourth-order valence-electron chi connectivity index (χ4n) is 3.21. The quantitative estimate of drug-likeness (QED) is 0.326. The minimum atomic E-state index is 0.849. The van der Waals surface area contributed by atoms with Crippen molar-refractivity contribution in [3.63, 3.8) is 0 Å². The first kappa shape index (κ1) is 21.0. The Kier molecular flexibility index (Phi) is 12.5. The normalized spacial score (nSPS) is 17.7. The Morgan fingerprint density at radius 1 is 0.571 bits per heavy atom. The largest absolute Gasteiger partial charge is 0.0654 e. The van der Waals surface area contributed by atoms with E-state index in [1.165, 1.54) is 57.8 Å². The summed E-state index contributed by atoms with van der Waals surface area (Å²) in [6, 6.07) is 0. The van der Waals surface area contributed by atoms with Crippen LogP contribution in [0.25, 0.3) is 0 Å². The van der Waals surface area contributed by atoms with Gasteiger partial charge in [0, 0.05) is 0 Å². The summed E-state index contributed by atoms with van der Waals surface area (Å²) >= 11 is 0. The van der Waals surface area contributed by atoms with Gasteiger partial charge in [-0.1, -0.05) is 106 Å². The van der Waals surface area contributed by atoms with E-state index in [4.69, 9.17) is 0 Å². The molecular weight excluding hydrogens is 252 g/mol. The van der Waals surface area contributed by atoms with Gasteiger partial charge < -0.3 is 0 Å². The Labute approximate surface area is 136 Å². The van der Waals surface area contributed by atoms with Crippen LogP contribution in [0.3, 0.4) is 0 Å². The standard InChI is InChI=1S/C21H44/c1-8-10-12-19(6)20(7)13-11-14-21(9-2)16-15-18(5)17(3)4/h17-21H,8-16H2,1-7H3. The second-order valence-electron chi connectivity index (χ2n) is 8.10. The van der Waals surface area contributed by atoms with E-state index in [1.54, 1.807) is 0 Å². The third kappa shape index (κ3) is 10.4. The number of rotatable bonds is 13. The molecule has 0 aromatic rings. The molecule has 0 fully saturated rings. The first-order valence-electron chi connectivity index (χ1n) is 9.92. The van der Waals surface area contributed by atoms with E-state index in [0.717, 1.165) is 29.6 Å². The lowest BCUT2D eigenvalue weighted by molar-refractivity contribution is 0.294. The maximum atomic E-state index is 2.47. The van der Waals surface area contributed by atoms with Crippen LogP contribution in [-0.2, 0) is 0 Å². The van der Waals surface area contributed by atoms with E-state index in [2.05, 4.69) is 48.5 Å². The molecule has 0 heterocycles. The van der Waals surface area contributed by atoms with Gasteiger partial charge in [-0.25, -0.2) is 0 Å². The van der Waals surface area contributed by atoms with Crippen molar-refractivity contribution >= 4 is 0 Å². The van der Waals surface area contributed by atoms with Crippen LogP contribution in [-0.4, -0.2) is 0 Å². The van der Waals surface area contributed by atoms with Gasteiger partial charge in [0.2, 0.25) is 0 Å². The third-order valence-corrected chi connectivity index (χ3v) is 6.00. The van der Waals surface area contributed by atoms with Crippen LogP contribution in [0.2, 0.25) is 0 Å². The molecule has 0 nitrogen and oxygen atoms in total. The second-order valence-corrected chi connectivity index (χ2v) is 8.10. The first-order chi connectivity index (χ1) is 9.92. The minimum absolute atomic E-state index is 0.849. The van der Waals surface area contributed by atoms with Crippen molar-refractivity contribution in [3.8, 4) is 0 Å². The molecule has 128 valence electrons. The van der Waals surface area contributed by atoms with Crippen molar-refractivity contribution < 1.29 is 0 Å². The molecule has 0 amide bonds. The topological polar surface area (TPSA) is 0 Å². The van der Waals surface area contributed by atoms with Gasteiger partial charge in [-0.05, 0) is 29.6 Å². The highest BCUT2D eigenvalue weighted by atomic mass is 14.2. The molecule has 0 aromatic heterocycles. The molecule has 0 aromatic carbocycles. The predicted molar refractivity (Wildman–Crippen MR) is 98.7 cm³/mol. The zero-order valence-electron chi connectivity index (χ0n) is 16.3. The molecule has 0 bridgehead atoms. The summed E-state index contributed by atoms with van der Waals surface area (Å²) < 4.78 is 0. The summed E-state index contributed by atoms with van der Waals surface area (Å²) in [7, 11) is 0. The summed E-state index contributed by atoms with van der Waals surface area (Å²) in [6.45, 7) is 16.8. The van der Waals surface area contributed by atoms with Crippen molar-refractivity contribution in [3.05, 3.63) is 0 Å². The van der Waals surface area contributed by atoms with Crippen molar-refractivity contribution in [1.82, 2.24) is 0 Å². The summed E-state index contributed by atoms with van der Waals surface area (Å²) in [5, 5.41) is 0. The monoisotopic (exact) mass is 296 g/mol. The molecule has 0 saturated carbocycles. The fraction of sp³-hybridized carbons (Fsp3) is 1.00. The Morgan fingerprint density at radius 3 is 1.62 bits per heavy atom. The zero-order chi connectivity index (χ0) is 16.3. The molecule has 0 aliphatic carbocycles. The van der Waals surface area contributed by atoms with Crippen molar-refractivity contribution in [2.24, 2.45) is 29.6 Å². The number of unbranched alkanes of at least 4 members (excludes halogenated alkanes) is 1. The molecule has 0 rings (SSSR count). The average molecular weight is 297 g/mol. The lowest BCUT2D eigenvalue weighted by Crippen LogP contribution is -2.10. The zero-order valence-corrected chi connectivity index (χ0v) is 16.3. The smallest absolute Gasteiger partial charge is 0.0417 e. The van der Waals surface area contributed by atoms with E-state index >= 15 is 0 Å². The third-order valence-electron chi connectivity index (χ3n) is 6.00. The van der Waals surface area contributed by atoms with Gasteiger partial charge in [0.25, 0.3) is 0 Å². The fourth-order valence-corrected chi connectivity index (χ4v) is 3.21. The van der Waals surface area contributed by atoms with Gasteiger partial charge in [-0.2, -0.15) is 0 Å². The number of hydrogen-bond donors (Lipinski definition) is 0. The molecular formula is C21H44. The summed E-state index contributed by atoms with van der Waals surface area (Å²) in [6.07, 6.45) is 12.8. The van der Waals surface area contributed by atoms with Crippen LogP contribution in [0.15, 0.2) is 0 Å². The molecule has 0 N–H and O–H groups in total. The number of hydrogen-bond acceptors (Lipinski definition) is 0. The predicted octanol–water partition coefficient (Wildman–Crippen LogP) is 7.72. The molecule has 0 radical (unpaired) electrons. The van der Waals surface area contributed by atoms with Crippen LogP contribution < -0.4 is 0 Å². The summed E-state index contributed by atoms with van der Waals surface area (Å²) in [5.74, 6) is 4.56. The van der Waals surface area contributed by atoms with Gasteiger partial charge >= 0.3 is 0 Å².